The predicted octanol–water partition coefficient (Wildman–Crippen LogP) is 2.74. The summed E-state index contributed by atoms with van der Waals surface area (Å²) in [6, 6.07) is 8.54. The number of morpholine rings is 1. The first kappa shape index (κ1) is 14.4. The van der Waals surface area contributed by atoms with Gasteiger partial charge < -0.3 is 9.47 Å². The second-order valence-electron chi connectivity index (χ2n) is 5.05. The molecule has 0 amide bonds. The Balaban J connectivity index is 1.67. The van der Waals surface area contributed by atoms with Crippen LogP contribution in [0.4, 0.5) is 0 Å². The third-order valence-corrected chi connectivity index (χ3v) is 3.44. The van der Waals surface area contributed by atoms with Gasteiger partial charge in [0.25, 0.3) is 0 Å². The van der Waals surface area contributed by atoms with E-state index >= 15 is 0 Å². The number of aryl methyl sites for hydroxylation is 1. The summed E-state index contributed by atoms with van der Waals surface area (Å²) in [6.45, 7) is 8.06. The molecule has 1 heterocycles. The fraction of sp³-hybridized carbons (Fsp3) is 0.625. The molecule has 0 aromatic heterocycles. The Morgan fingerprint density at radius 3 is 2.58 bits per heavy atom. The molecule has 3 nitrogen and oxygen atoms in total. The normalized spacial score (nSPS) is 16.5. The molecule has 1 aromatic carbocycles. The van der Waals surface area contributed by atoms with Gasteiger partial charge in [-0.2, -0.15) is 0 Å². The van der Waals surface area contributed by atoms with E-state index in [0.29, 0.717) is 0 Å². The van der Waals surface area contributed by atoms with Gasteiger partial charge in [-0.25, -0.2) is 0 Å². The van der Waals surface area contributed by atoms with Crippen LogP contribution >= 0.6 is 0 Å². The molecule has 3 heteroatoms. The summed E-state index contributed by atoms with van der Waals surface area (Å²) in [7, 11) is 0. The maximum atomic E-state index is 5.59. The highest BCUT2D eigenvalue weighted by molar-refractivity contribution is 5.27. The quantitative estimate of drug-likeness (QED) is 0.755. The lowest BCUT2D eigenvalue weighted by Crippen LogP contribution is -2.36. The standard InChI is InChI=1S/C16H25NO2/c1-2-12-19-16-7-5-15(6-8-16)4-3-9-17-10-13-18-14-11-17/h5-8H,2-4,9-14H2,1H3. The summed E-state index contributed by atoms with van der Waals surface area (Å²) in [5.41, 5.74) is 1.40. The van der Waals surface area contributed by atoms with Crippen LogP contribution < -0.4 is 4.74 Å². The van der Waals surface area contributed by atoms with Gasteiger partial charge in [0.1, 0.15) is 5.75 Å². The fourth-order valence-corrected chi connectivity index (χ4v) is 2.30. The zero-order valence-electron chi connectivity index (χ0n) is 11.9. The molecule has 1 fully saturated rings. The molecule has 1 aliphatic heterocycles. The van der Waals surface area contributed by atoms with Gasteiger partial charge in [-0.1, -0.05) is 19.1 Å². The lowest BCUT2D eigenvalue weighted by molar-refractivity contribution is 0.0374. The molecule has 0 bridgehead atoms. The molecule has 0 saturated carbocycles. The van der Waals surface area contributed by atoms with Gasteiger partial charge >= 0.3 is 0 Å². The largest absolute Gasteiger partial charge is 0.494 e. The van der Waals surface area contributed by atoms with Crippen molar-refractivity contribution in [1.82, 2.24) is 4.90 Å². The molecule has 1 aromatic rings. The summed E-state index contributed by atoms with van der Waals surface area (Å²) in [4.78, 5) is 2.49. The fourth-order valence-electron chi connectivity index (χ4n) is 2.30. The first-order valence-corrected chi connectivity index (χ1v) is 7.40. The van der Waals surface area contributed by atoms with Crippen LogP contribution in [0.3, 0.4) is 0 Å². The van der Waals surface area contributed by atoms with Gasteiger partial charge in [0, 0.05) is 13.1 Å². The van der Waals surface area contributed by atoms with Crippen molar-refractivity contribution in [2.75, 3.05) is 39.5 Å². The van der Waals surface area contributed by atoms with Crippen LogP contribution in [0, 0.1) is 0 Å². The Morgan fingerprint density at radius 1 is 1.16 bits per heavy atom. The number of rotatable bonds is 7. The van der Waals surface area contributed by atoms with E-state index in [0.717, 1.165) is 51.5 Å². The summed E-state index contributed by atoms with van der Waals surface area (Å²) in [5, 5.41) is 0. The van der Waals surface area contributed by atoms with E-state index in [1.54, 1.807) is 0 Å². The van der Waals surface area contributed by atoms with Crippen molar-refractivity contribution in [3.8, 4) is 5.75 Å². The Labute approximate surface area is 116 Å². The van der Waals surface area contributed by atoms with Crippen LogP contribution in [-0.2, 0) is 11.2 Å². The molecular weight excluding hydrogens is 238 g/mol. The SMILES string of the molecule is CCCOc1ccc(CCCN2CCOCC2)cc1. The number of hydrogen-bond acceptors (Lipinski definition) is 3. The molecule has 0 spiro atoms. The van der Waals surface area contributed by atoms with Crippen LogP contribution in [0.25, 0.3) is 0 Å². The topological polar surface area (TPSA) is 21.7 Å². The molecule has 0 N–H and O–H groups in total. The van der Waals surface area contributed by atoms with Crippen LogP contribution in [-0.4, -0.2) is 44.4 Å². The van der Waals surface area contributed by atoms with Crippen molar-refractivity contribution >= 4 is 0 Å². The average molecular weight is 263 g/mol. The minimum Gasteiger partial charge on any atom is -0.494 e. The number of benzene rings is 1. The Bertz CT molecular complexity index is 344. The summed E-state index contributed by atoms with van der Waals surface area (Å²) < 4.78 is 10.9. The van der Waals surface area contributed by atoms with Crippen molar-refractivity contribution in [3.63, 3.8) is 0 Å². The zero-order valence-corrected chi connectivity index (χ0v) is 11.9. The molecule has 0 unspecified atom stereocenters. The van der Waals surface area contributed by atoms with Gasteiger partial charge in [0.05, 0.1) is 19.8 Å². The number of hydrogen-bond donors (Lipinski definition) is 0. The monoisotopic (exact) mass is 263 g/mol. The van der Waals surface area contributed by atoms with Crippen LogP contribution in [0.1, 0.15) is 25.3 Å². The van der Waals surface area contributed by atoms with Crippen LogP contribution in [0.2, 0.25) is 0 Å². The zero-order chi connectivity index (χ0) is 13.3. The van der Waals surface area contributed by atoms with Gasteiger partial charge in [-0.05, 0) is 43.5 Å². The first-order chi connectivity index (χ1) is 9.38. The minimum absolute atomic E-state index is 0.802. The Hall–Kier alpha value is -1.06. The Morgan fingerprint density at radius 2 is 1.89 bits per heavy atom. The first-order valence-electron chi connectivity index (χ1n) is 7.40. The van der Waals surface area contributed by atoms with E-state index in [1.165, 1.54) is 18.5 Å². The second-order valence-corrected chi connectivity index (χ2v) is 5.05. The highest BCUT2D eigenvalue weighted by Gasteiger charge is 2.09. The lowest BCUT2D eigenvalue weighted by Gasteiger charge is -2.26. The lowest BCUT2D eigenvalue weighted by atomic mass is 10.1. The smallest absolute Gasteiger partial charge is 0.119 e. The molecule has 1 aliphatic rings. The Kier molecular flexibility index (Phi) is 6.18. The minimum atomic E-state index is 0.802. The van der Waals surface area contributed by atoms with Crippen molar-refractivity contribution in [1.29, 1.82) is 0 Å². The number of nitrogens with zero attached hydrogens (tertiary/aromatic N) is 1. The summed E-state index contributed by atoms with van der Waals surface area (Å²) in [6.07, 6.45) is 3.42. The van der Waals surface area contributed by atoms with Crippen LogP contribution in [0.15, 0.2) is 24.3 Å². The molecule has 106 valence electrons. The van der Waals surface area contributed by atoms with E-state index in [9.17, 15) is 0 Å². The molecule has 0 atom stereocenters. The summed E-state index contributed by atoms with van der Waals surface area (Å²) in [5.74, 6) is 0.985. The molecule has 2 rings (SSSR count). The highest BCUT2D eigenvalue weighted by atomic mass is 16.5. The van der Waals surface area contributed by atoms with Crippen molar-refractivity contribution in [3.05, 3.63) is 29.8 Å². The maximum Gasteiger partial charge on any atom is 0.119 e. The maximum absolute atomic E-state index is 5.59. The average Bonchev–Trinajstić information content (AvgIpc) is 2.47. The van der Waals surface area contributed by atoms with Gasteiger partial charge in [0.15, 0.2) is 0 Å². The third kappa shape index (κ3) is 5.21. The van der Waals surface area contributed by atoms with Gasteiger partial charge in [-0.3, -0.25) is 4.90 Å². The molecule has 0 aliphatic carbocycles. The van der Waals surface area contributed by atoms with E-state index in [4.69, 9.17) is 9.47 Å². The van der Waals surface area contributed by atoms with E-state index < -0.39 is 0 Å². The van der Waals surface area contributed by atoms with Gasteiger partial charge in [-0.15, -0.1) is 0 Å². The van der Waals surface area contributed by atoms with E-state index in [2.05, 4.69) is 36.1 Å². The summed E-state index contributed by atoms with van der Waals surface area (Å²) >= 11 is 0. The van der Waals surface area contributed by atoms with Crippen molar-refractivity contribution < 1.29 is 9.47 Å². The predicted molar refractivity (Wildman–Crippen MR) is 77.8 cm³/mol. The van der Waals surface area contributed by atoms with Crippen molar-refractivity contribution in [2.45, 2.75) is 26.2 Å². The molecule has 19 heavy (non-hydrogen) atoms. The highest BCUT2D eigenvalue weighted by Crippen LogP contribution is 2.14. The molecule has 1 saturated heterocycles. The third-order valence-electron chi connectivity index (χ3n) is 3.44. The van der Waals surface area contributed by atoms with Crippen molar-refractivity contribution in [2.24, 2.45) is 0 Å². The molecule has 0 radical (unpaired) electrons. The number of ether oxygens (including phenoxy) is 2. The van der Waals surface area contributed by atoms with E-state index in [1.807, 2.05) is 0 Å². The van der Waals surface area contributed by atoms with Gasteiger partial charge in [0.2, 0.25) is 0 Å². The van der Waals surface area contributed by atoms with Crippen LogP contribution in [0.5, 0.6) is 5.75 Å². The second kappa shape index (κ2) is 8.18. The van der Waals surface area contributed by atoms with E-state index in [-0.39, 0.29) is 0 Å². The molecular formula is C16H25NO2.